The Balaban J connectivity index is 1.92. The molecule has 0 aliphatic rings. The predicted octanol–water partition coefficient (Wildman–Crippen LogP) is 6.18. The first-order valence-electron chi connectivity index (χ1n) is 7.92. The van der Waals surface area contributed by atoms with Crippen LogP contribution >= 0.6 is 23.2 Å². The fraction of sp³-hybridized carbons (Fsp3) is 0.111. The summed E-state index contributed by atoms with van der Waals surface area (Å²) in [5, 5.41) is 6.47. The van der Waals surface area contributed by atoms with Crippen molar-refractivity contribution in [3.05, 3.63) is 63.9 Å². The molecule has 1 aromatic heterocycles. The molecule has 0 bridgehead atoms. The van der Waals surface area contributed by atoms with Gasteiger partial charge in [0.15, 0.2) is 11.6 Å². The van der Waals surface area contributed by atoms with Gasteiger partial charge < -0.3 is 16.4 Å². The van der Waals surface area contributed by atoms with Crippen LogP contribution in [0.5, 0.6) is 0 Å². The molecule has 0 aliphatic heterocycles. The number of halogens is 5. The largest absolute Gasteiger partial charge is 0.416 e. The Hall–Kier alpha value is -2.71. The predicted molar refractivity (Wildman–Crippen MR) is 106 cm³/mol. The number of nitrogens with zero attached hydrogens (tertiary/aromatic N) is 2. The second-order valence-electron chi connectivity index (χ2n) is 5.89. The molecule has 5 nitrogen and oxygen atoms in total. The van der Waals surface area contributed by atoms with Crippen molar-refractivity contribution in [2.75, 3.05) is 16.4 Å². The van der Waals surface area contributed by atoms with Crippen LogP contribution in [-0.2, 0) is 6.18 Å². The first-order valence-corrected chi connectivity index (χ1v) is 8.68. The second kappa shape index (κ2) is 7.73. The quantitative estimate of drug-likeness (QED) is 0.463. The van der Waals surface area contributed by atoms with E-state index in [9.17, 15) is 13.2 Å². The molecule has 146 valence electrons. The molecule has 1 heterocycles. The maximum atomic E-state index is 12.9. The van der Waals surface area contributed by atoms with E-state index in [0.29, 0.717) is 5.02 Å². The Morgan fingerprint density at radius 1 is 0.929 bits per heavy atom. The molecule has 3 rings (SSSR count). The van der Waals surface area contributed by atoms with Gasteiger partial charge in [0.25, 0.3) is 0 Å². The number of alkyl halides is 3. The van der Waals surface area contributed by atoms with Crippen LogP contribution < -0.4 is 16.4 Å². The lowest BCUT2D eigenvalue weighted by atomic mass is 10.2. The number of hydrogen-bond donors (Lipinski definition) is 3. The van der Waals surface area contributed by atoms with Crippen molar-refractivity contribution in [3.8, 4) is 0 Å². The third-order valence-electron chi connectivity index (χ3n) is 3.87. The first kappa shape index (κ1) is 20.0. The minimum Gasteiger partial charge on any atom is -0.393 e. The Morgan fingerprint density at radius 3 is 2.18 bits per heavy atom. The van der Waals surface area contributed by atoms with E-state index in [1.807, 2.05) is 6.92 Å². The summed E-state index contributed by atoms with van der Waals surface area (Å²) in [4.78, 5) is 8.08. The van der Waals surface area contributed by atoms with Crippen LogP contribution in [0.3, 0.4) is 0 Å². The van der Waals surface area contributed by atoms with Crippen LogP contribution in [0.1, 0.15) is 11.1 Å². The molecule has 0 amide bonds. The third kappa shape index (κ3) is 4.40. The van der Waals surface area contributed by atoms with E-state index < -0.39 is 11.7 Å². The van der Waals surface area contributed by atoms with Crippen molar-refractivity contribution < 1.29 is 13.2 Å². The summed E-state index contributed by atoms with van der Waals surface area (Å²) in [5.74, 6) is 0.399. The standard InChI is InChI=1S/C18H14Cl2F3N5/c1-9-6-11(19)3-5-13(9)27-16-15(24)17(26-8-25-16)28-14-7-10(18(21,22)23)2-4-12(14)20/h2-8H,24H2,1H3,(H2,25,26,27,28). The van der Waals surface area contributed by atoms with Crippen LogP contribution in [0.4, 0.5) is 41.9 Å². The van der Waals surface area contributed by atoms with Gasteiger partial charge >= 0.3 is 6.18 Å². The molecule has 0 unspecified atom stereocenters. The van der Waals surface area contributed by atoms with E-state index in [2.05, 4.69) is 20.6 Å². The van der Waals surface area contributed by atoms with Crippen LogP contribution in [0.15, 0.2) is 42.7 Å². The third-order valence-corrected chi connectivity index (χ3v) is 4.44. The van der Waals surface area contributed by atoms with Crippen molar-refractivity contribution in [1.82, 2.24) is 9.97 Å². The van der Waals surface area contributed by atoms with Crippen molar-refractivity contribution in [2.45, 2.75) is 13.1 Å². The summed E-state index contributed by atoms with van der Waals surface area (Å²) < 4.78 is 38.8. The molecular weight excluding hydrogens is 414 g/mol. The molecule has 0 radical (unpaired) electrons. The number of benzene rings is 2. The van der Waals surface area contributed by atoms with Gasteiger partial charge in [0.1, 0.15) is 12.0 Å². The van der Waals surface area contributed by atoms with Crippen LogP contribution in [-0.4, -0.2) is 9.97 Å². The number of aryl methyl sites for hydroxylation is 1. The lowest BCUT2D eigenvalue weighted by molar-refractivity contribution is -0.137. The fourth-order valence-corrected chi connectivity index (χ4v) is 2.81. The van der Waals surface area contributed by atoms with E-state index in [1.165, 1.54) is 6.33 Å². The van der Waals surface area contributed by atoms with Gasteiger partial charge in [-0.1, -0.05) is 23.2 Å². The summed E-state index contributed by atoms with van der Waals surface area (Å²) in [6.07, 6.45) is -3.27. The van der Waals surface area contributed by atoms with Gasteiger partial charge in [-0.2, -0.15) is 13.2 Å². The molecule has 28 heavy (non-hydrogen) atoms. The Labute approximate surface area is 168 Å². The van der Waals surface area contributed by atoms with Crippen LogP contribution in [0, 0.1) is 6.92 Å². The van der Waals surface area contributed by atoms with E-state index >= 15 is 0 Å². The van der Waals surface area contributed by atoms with E-state index in [-0.39, 0.29) is 28.0 Å². The lowest BCUT2D eigenvalue weighted by Gasteiger charge is -2.15. The molecule has 10 heteroatoms. The lowest BCUT2D eigenvalue weighted by Crippen LogP contribution is -2.08. The second-order valence-corrected chi connectivity index (χ2v) is 6.73. The molecule has 3 aromatic rings. The number of nitrogens with two attached hydrogens (primary N) is 1. The van der Waals surface area contributed by atoms with Gasteiger partial charge in [0.2, 0.25) is 0 Å². The van der Waals surface area contributed by atoms with E-state index in [1.54, 1.807) is 18.2 Å². The summed E-state index contributed by atoms with van der Waals surface area (Å²) >= 11 is 12.0. The Morgan fingerprint density at radius 2 is 1.57 bits per heavy atom. The van der Waals surface area contributed by atoms with Gasteiger partial charge in [0, 0.05) is 10.7 Å². The maximum Gasteiger partial charge on any atom is 0.416 e. The fourth-order valence-electron chi connectivity index (χ4n) is 2.41. The van der Waals surface area contributed by atoms with Gasteiger partial charge in [0.05, 0.1) is 16.3 Å². The molecule has 4 N–H and O–H groups in total. The average molecular weight is 428 g/mol. The van der Waals surface area contributed by atoms with Gasteiger partial charge in [-0.25, -0.2) is 9.97 Å². The van der Waals surface area contributed by atoms with Gasteiger partial charge in [-0.3, -0.25) is 0 Å². The Kier molecular flexibility index (Phi) is 5.53. The topological polar surface area (TPSA) is 75.9 Å². The van der Waals surface area contributed by atoms with Crippen molar-refractivity contribution >= 4 is 51.9 Å². The summed E-state index contributed by atoms with van der Waals surface area (Å²) in [6.45, 7) is 1.85. The smallest absolute Gasteiger partial charge is 0.393 e. The summed E-state index contributed by atoms with van der Waals surface area (Å²) in [7, 11) is 0. The zero-order valence-corrected chi connectivity index (χ0v) is 15.9. The SMILES string of the molecule is Cc1cc(Cl)ccc1Nc1ncnc(Nc2cc(C(F)(F)F)ccc2Cl)c1N. The van der Waals surface area contributed by atoms with E-state index in [4.69, 9.17) is 28.9 Å². The minimum absolute atomic E-state index is 0.0236. The summed E-state index contributed by atoms with van der Waals surface area (Å²) in [5.41, 5.74) is 6.97. The van der Waals surface area contributed by atoms with Crippen molar-refractivity contribution in [3.63, 3.8) is 0 Å². The highest BCUT2D eigenvalue weighted by Gasteiger charge is 2.31. The monoisotopic (exact) mass is 427 g/mol. The highest BCUT2D eigenvalue weighted by atomic mass is 35.5. The number of rotatable bonds is 4. The molecule has 0 atom stereocenters. The Bertz CT molecular complexity index is 1020. The zero-order chi connectivity index (χ0) is 20.5. The number of hydrogen-bond acceptors (Lipinski definition) is 5. The molecule has 0 aliphatic carbocycles. The minimum atomic E-state index is -4.50. The average Bonchev–Trinajstić information content (AvgIpc) is 2.61. The molecule has 0 saturated carbocycles. The number of anilines is 5. The van der Waals surface area contributed by atoms with Crippen LogP contribution in [0.2, 0.25) is 10.0 Å². The molecular formula is C18H14Cl2F3N5. The van der Waals surface area contributed by atoms with Crippen molar-refractivity contribution in [1.29, 1.82) is 0 Å². The van der Waals surface area contributed by atoms with E-state index in [0.717, 1.165) is 29.4 Å². The van der Waals surface area contributed by atoms with Gasteiger partial charge in [-0.05, 0) is 48.9 Å². The first-order chi connectivity index (χ1) is 13.1. The number of aromatic nitrogens is 2. The summed E-state index contributed by atoms with van der Waals surface area (Å²) in [6, 6.07) is 8.17. The molecule has 0 fully saturated rings. The molecule has 0 spiro atoms. The number of nitrogens with one attached hydrogen (secondary N) is 2. The molecule has 0 saturated heterocycles. The highest BCUT2D eigenvalue weighted by molar-refractivity contribution is 6.33. The molecule has 2 aromatic carbocycles. The number of nitrogen functional groups attached to an aromatic ring is 1. The van der Waals surface area contributed by atoms with Crippen molar-refractivity contribution in [2.24, 2.45) is 0 Å². The highest BCUT2D eigenvalue weighted by Crippen LogP contribution is 2.36. The maximum absolute atomic E-state index is 12.9. The normalized spacial score (nSPS) is 11.4. The van der Waals surface area contributed by atoms with Crippen LogP contribution in [0.25, 0.3) is 0 Å². The zero-order valence-electron chi connectivity index (χ0n) is 14.4. The van der Waals surface area contributed by atoms with Gasteiger partial charge in [-0.15, -0.1) is 0 Å².